The highest BCUT2D eigenvalue weighted by Gasteiger charge is 2.27. The van der Waals surface area contributed by atoms with Gasteiger partial charge in [-0.3, -0.25) is 24.0 Å². The first kappa shape index (κ1) is 27.7. The molecular weight excluding hydrogens is 444 g/mol. The molecule has 190 valence electrons. The fraction of sp³-hybridized carbons (Fsp3) is 0.538. The maximum atomic E-state index is 13.6. The minimum atomic E-state index is -0.746. The standard InChI is InChI=1S/C26H38N6O3/c1-8-9-10-30(22-23(28)32(15-17(4)5)26(35)29-24(22)33)25(34)21(13-27)12-20-11-18(6)31(19(20)7)14-16(2)3/h11-12,16-17H,8-10,14-15,28H2,1-7H3,(H,29,33,35)/b21-12+. The normalized spacial score (nSPS) is 11.8. The molecule has 9 nitrogen and oxygen atoms in total. The summed E-state index contributed by atoms with van der Waals surface area (Å²) in [5, 5.41) is 9.90. The van der Waals surface area contributed by atoms with E-state index in [1.165, 1.54) is 9.47 Å². The van der Waals surface area contributed by atoms with Gasteiger partial charge in [-0.25, -0.2) is 4.79 Å². The molecule has 2 rings (SSSR count). The molecule has 9 heteroatoms. The van der Waals surface area contributed by atoms with Crippen LogP contribution < -0.4 is 21.9 Å². The summed E-state index contributed by atoms with van der Waals surface area (Å²) in [7, 11) is 0. The van der Waals surface area contributed by atoms with Crippen LogP contribution in [0.2, 0.25) is 0 Å². The zero-order valence-corrected chi connectivity index (χ0v) is 21.9. The molecule has 0 aliphatic heterocycles. The second-order valence-corrected chi connectivity index (χ2v) is 9.81. The molecule has 0 unspecified atom stereocenters. The lowest BCUT2D eigenvalue weighted by Crippen LogP contribution is -2.42. The van der Waals surface area contributed by atoms with E-state index in [0.29, 0.717) is 12.3 Å². The van der Waals surface area contributed by atoms with Crippen LogP contribution in [0.4, 0.5) is 11.5 Å². The molecule has 0 saturated carbocycles. The minimum absolute atomic E-state index is 0.0793. The number of anilines is 2. The van der Waals surface area contributed by atoms with E-state index in [1.807, 2.05) is 46.8 Å². The number of nitriles is 1. The van der Waals surface area contributed by atoms with Gasteiger partial charge in [0.15, 0.2) is 5.69 Å². The van der Waals surface area contributed by atoms with Gasteiger partial charge in [0.25, 0.3) is 11.5 Å². The summed E-state index contributed by atoms with van der Waals surface area (Å²) in [5.74, 6) is -0.176. The predicted molar refractivity (Wildman–Crippen MR) is 140 cm³/mol. The molecule has 2 aromatic rings. The van der Waals surface area contributed by atoms with Crippen molar-refractivity contribution in [3.05, 3.63) is 49.4 Å². The van der Waals surface area contributed by atoms with Gasteiger partial charge in [0.1, 0.15) is 17.5 Å². The number of H-pyrrole nitrogens is 1. The van der Waals surface area contributed by atoms with Crippen LogP contribution in [0, 0.1) is 37.0 Å². The first-order valence-corrected chi connectivity index (χ1v) is 12.2. The molecule has 0 bridgehead atoms. The minimum Gasteiger partial charge on any atom is -0.383 e. The van der Waals surface area contributed by atoms with Crippen molar-refractivity contribution in [2.75, 3.05) is 17.2 Å². The monoisotopic (exact) mass is 482 g/mol. The Labute approximate surface area is 206 Å². The van der Waals surface area contributed by atoms with E-state index in [2.05, 4.69) is 23.4 Å². The summed E-state index contributed by atoms with van der Waals surface area (Å²) >= 11 is 0. The van der Waals surface area contributed by atoms with Crippen LogP contribution in [-0.2, 0) is 17.9 Å². The Bertz CT molecular complexity index is 1250. The second-order valence-electron chi connectivity index (χ2n) is 9.81. The summed E-state index contributed by atoms with van der Waals surface area (Å²) in [6.45, 7) is 15.3. The molecule has 0 aliphatic carbocycles. The Kier molecular flexibility index (Phi) is 9.29. The molecule has 0 atom stereocenters. The number of amides is 1. The van der Waals surface area contributed by atoms with Crippen molar-refractivity contribution in [1.82, 2.24) is 14.1 Å². The maximum absolute atomic E-state index is 13.6. The van der Waals surface area contributed by atoms with Crippen LogP contribution in [0.25, 0.3) is 6.08 Å². The lowest BCUT2D eigenvalue weighted by atomic mass is 10.1. The lowest BCUT2D eigenvalue weighted by Gasteiger charge is -2.24. The zero-order chi connectivity index (χ0) is 26.4. The van der Waals surface area contributed by atoms with Gasteiger partial charge in [0, 0.05) is 31.0 Å². The number of hydrogen-bond acceptors (Lipinski definition) is 5. The molecule has 3 N–H and O–H groups in total. The number of unbranched alkanes of at least 4 members (excludes halogenated alkanes) is 1. The van der Waals surface area contributed by atoms with Gasteiger partial charge in [0.05, 0.1) is 0 Å². The summed E-state index contributed by atoms with van der Waals surface area (Å²) in [4.78, 5) is 42.4. The van der Waals surface area contributed by atoms with Crippen molar-refractivity contribution >= 4 is 23.5 Å². The van der Waals surface area contributed by atoms with Crippen molar-refractivity contribution in [2.24, 2.45) is 11.8 Å². The van der Waals surface area contributed by atoms with Gasteiger partial charge in [-0.15, -0.1) is 0 Å². The molecule has 35 heavy (non-hydrogen) atoms. The van der Waals surface area contributed by atoms with E-state index in [9.17, 15) is 19.6 Å². The molecule has 2 aromatic heterocycles. The number of nitrogens with one attached hydrogen (secondary N) is 1. The molecule has 0 fully saturated rings. The largest absolute Gasteiger partial charge is 0.383 e. The first-order chi connectivity index (χ1) is 16.4. The lowest BCUT2D eigenvalue weighted by molar-refractivity contribution is -0.114. The number of hydrogen-bond donors (Lipinski definition) is 2. The van der Waals surface area contributed by atoms with Crippen molar-refractivity contribution < 1.29 is 4.79 Å². The molecule has 0 spiro atoms. The smallest absolute Gasteiger partial charge is 0.330 e. The van der Waals surface area contributed by atoms with E-state index in [0.717, 1.165) is 29.9 Å². The Morgan fingerprint density at radius 1 is 1.17 bits per heavy atom. The Morgan fingerprint density at radius 2 is 1.77 bits per heavy atom. The topological polar surface area (TPSA) is 130 Å². The third kappa shape index (κ3) is 6.32. The highest BCUT2D eigenvalue weighted by atomic mass is 16.2. The Hall–Kier alpha value is -3.54. The van der Waals surface area contributed by atoms with Crippen LogP contribution >= 0.6 is 0 Å². The number of aryl methyl sites for hydroxylation is 1. The molecule has 1 amide bonds. The van der Waals surface area contributed by atoms with E-state index in [-0.39, 0.29) is 36.1 Å². The SMILES string of the molecule is CCCCN(C(=O)/C(C#N)=C/c1cc(C)n(CC(C)C)c1C)c1c(N)n(CC(C)C)c(=O)[nH]c1=O. The summed E-state index contributed by atoms with van der Waals surface area (Å²) in [6, 6.07) is 3.96. The Morgan fingerprint density at radius 3 is 2.31 bits per heavy atom. The summed E-state index contributed by atoms with van der Waals surface area (Å²) in [6.07, 6.45) is 2.92. The van der Waals surface area contributed by atoms with Gasteiger partial charge in [0.2, 0.25) is 0 Å². The molecule has 0 radical (unpaired) electrons. The van der Waals surface area contributed by atoms with E-state index in [4.69, 9.17) is 5.73 Å². The van der Waals surface area contributed by atoms with Crippen LogP contribution in [0.15, 0.2) is 21.2 Å². The molecular formula is C26H38N6O3. The average Bonchev–Trinajstić information content (AvgIpc) is 3.03. The van der Waals surface area contributed by atoms with Gasteiger partial charge in [-0.2, -0.15) is 5.26 Å². The quantitative estimate of drug-likeness (QED) is 0.395. The molecule has 2 heterocycles. The number of aromatic nitrogens is 3. The van der Waals surface area contributed by atoms with Crippen molar-refractivity contribution in [2.45, 2.75) is 74.4 Å². The molecule has 0 aliphatic rings. The molecule has 0 saturated heterocycles. The third-order valence-electron chi connectivity index (χ3n) is 5.82. The number of carbonyl (C=O) groups is 1. The van der Waals surface area contributed by atoms with Gasteiger partial charge in [-0.05, 0) is 49.8 Å². The highest BCUT2D eigenvalue weighted by Crippen LogP contribution is 2.24. The first-order valence-electron chi connectivity index (χ1n) is 12.2. The number of nitrogen functional groups attached to an aromatic ring is 1. The number of rotatable bonds is 10. The van der Waals surface area contributed by atoms with Crippen LogP contribution in [0.5, 0.6) is 0 Å². The predicted octanol–water partition coefficient (Wildman–Crippen LogP) is 3.59. The number of carbonyl (C=O) groups excluding carboxylic acids is 1. The summed E-state index contributed by atoms with van der Waals surface area (Å²) in [5.41, 5.74) is 7.47. The number of nitrogens with zero attached hydrogens (tertiary/aromatic N) is 4. The van der Waals surface area contributed by atoms with E-state index >= 15 is 0 Å². The van der Waals surface area contributed by atoms with E-state index in [1.54, 1.807) is 6.08 Å². The van der Waals surface area contributed by atoms with Gasteiger partial charge in [-0.1, -0.05) is 41.0 Å². The fourth-order valence-electron chi connectivity index (χ4n) is 4.08. The van der Waals surface area contributed by atoms with Gasteiger partial charge >= 0.3 is 5.69 Å². The maximum Gasteiger partial charge on any atom is 0.330 e. The van der Waals surface area contributed by atoms with Crippen LogP contribution in [0.1, 0.15) is 64.4 Å². The van der Waals surface area contributed by atoms with Crippen molar-refractivity contribution in [3.63, 3.8) is 0 Å². The van der Waals surface area contributed by atoms with Crippen molar-refractivity contribution in [3.8, 4) is 6.07 Å². The van der Waals surface area contributed by atoms with Crippen LogP contribution in [0.3, 0.4) is 0 Å². The van der Waals surface area contributed by atoms with Crippen molar-refractivity contribution in [1.29, 1.82) is 5.26 Å². The number of nitrogens with two attached hydrogens (primary N) is 1. The summed E-state index contributed by atoms with van der Waals surface area (Å²) < 4.78 is 3.43. The number of aromatic amines is 1. The fourth-order valence-corrected chi connectivity index (χ4v) is 4.08. The van der Waals surface area contributed by atoms with E-state index < -0.39 is 17.2 Å². The zero-order valence-electron chi connectivity index (χ0n) is 21.9. The van der Waals surface area contributed by atoms with Crippen LogP contribution in [-0.4, -0.2) is 26.6 Å². The highest BCUT2D eigenvalue weighted by molar-refractivity contribution is 6.12. The molecule has 0 aromatic carbocycles. The average molecular weight is 483 g/mol. The second kappa shape index (κ2) is 11.7. The van der Waals surface area contributed by atoms with Gasteiger partial charge < -0.3 is 10.3 Å². The Balaban J connectivity index is 2.64. The third-order valence-corrected chi connectivity index (χ3v) is 5.82.